The van der Waals surface area contributed by atoms with Gasteiger partial charge in [-0.05, 0) is 36.8 Å². The topological polar surface area (TPSA) is 93.5 Å². The van der Waals surface area contributed by atoms with Gasteiger partial charge in [0.05, 0.1) is 24.3 Å². The van der Waals surface area contributed by atoms with Crippen LogP contribution in [0.1, 0.15) is 23.2 Å². The molecule has 0 saturated carbocycles. The Labute approximate surface area is 132 Å². The van der Waals surface area contributed by atoms with Crippen molar-refractivity contribution in [1.29, 1.82) is 0 Å². The van der Waals surface area contributed by atoms with Gasteiger partial charge in [0.25, 0.3) is 5.91 Å². The van der Waals surface area contributed by atoms with E-state index in [0.29, 0.717) is 18.6 Å². The molecule has 1 aromatic carbocycles. The van der Waals surface area contributed by atoms with Crippen molar-refractivity contribution in [3.05, 3.63) is 48.3 Å². The van der Waals surface area contributed by atoms with Crippen LogP contribution in [0, 0.1) is 0 Å². The molecule has 0 spiro atoms. The Kier molecular flexibility index (Phi) is 4.12. The van der Waals surface area contributed by atoms with E-state index < -0.39 is 11.5 Å². The highest BCUT2D eigenvalue weighted by Gasteiger charge is 2.38. The molecule has 1 aliphatic heterocycles. The molecule has 2 heterocycles. The number of aliphatic carboxylic acids is 1. The van der Waals surface area contributed by atoms with Gasteiger partial charge in [0, 0.05) is 24.6 Å². The molecule has 0 radical (unpaired) electrons. The zero-order chi connectivity index (χ0) is 16.3. The molecule has 1 saturated heterocycles. The van der Waals surface area contributed by atoms with Gasteiger partial charge in [0.1, 0.15) is 0 Å². The number of hydrogen-bond acceptors (Lipinski definition) is 4. The normalized spacial score (nSPS) is 20.3. The zero-order valence-corrected chi connectivity index (χ0v) is 12.4. The predicted octanol–water partition coefficient (Wildman–Crippen LogP) is 1.24. The molecule has 1 unspecified atom stereocenters. The first-order valence-electron chi connectivity index (χ1n) is 7.30. The second-order valence-electron chi connectivity index (χ2n) is 5.61. The van der Waals surface area contributed by atoms with Gasteiger partial charge < -0.3 is 15.2 Å². The van der Waals surface area contributed by atoms with Crippen molar-refractivity contribution < 1.29 is 19.4 Å². The SMILES string of the molecule is O=C(O)CC1(NC(=O)c2ccc(-n3cccn3)cc2)CCOC1. The van der Waals surface area contributed by atoms with E-state index in [9.17, 15) is 9.59 Å². The standard InChI is InChI=1S/C16H17N3O4/c20-14(21)10-16(6-9-23-11-16)18-15(22)12-2-4-13(5-3-12)19-8-1-7-17-19/h1-5,7-8H,6,9-11H2,(H,18,22)(H,20,21). The zero-order valence-electron chi connectivity index (χ0n) is 12.4. The van der Waals surface area contributed by atoms with Gasteiger partial charge in [-0.3, -0.25) is 9.59 Å². The van der Waals surface area contributed by atoms with E-state index in [1.54, 1.807) is 35.1 Å². The van der Waals surface area contributed by atoms with Crippen LogP contribution in [-0.4, -0.2) is 45.5 Å². The Morgan fingerprint density at radius 3 is 2.70 bits per heavy atom. The molecule has 0 bridgehead atoms. The molecule has 23 heavy (non-hydrogen) atoms. The Bertz CT molecular complexity index is 689. The number of carbonyl (C=O) groups is 2. The van der Waals surface area contributed by atoms with Crippen molar-refractivity contribution >= 4 is 11.9 Å². The van der Waals surface area contributed by atoms with Gasteiger partial charge in [-0.25, -0.2) is 4.68 Å². The third kappa shape index (κ3) is 3.40. The largest absolute Gasteiger partial charge is 0.481 e. The fraction of sp³-hybridized carbons (Fsp3) is 0.312. The van der Waals surface area contributed by atoms with Crippen LogP contribution >= 0.6 is 0 Å². The number of aromatic nitrogens is 2. The maximum Gasteiger partial charge on any atom is 0.305 e. The van der Waals surface area contributed by atoms with Crippen LogP contribution in [0.15, 0.2) is 42.7 Å². The Hall–Kier alpha value is -2.67. The van der Waals surface area contributed by atoms with Crippen molar-refractivity contribution in [2.45, 2.75) is 18.4 Å². The summed E-state index contributed by atoms with van der Waals surface area (Å²) in [7, 11) is 0. The molecule has 7 heteroatoms. The molecule has 0 aliphatic carbocycles. The van der Waals surface area contributed by atoms with Gasteiger partial charge in [0.2, 0.25) is 0 Å². The highest BCUT2D eigenvalue weighted by molar-refractivity contribution is 5.95. The molecule has 3 rings (SSSR count). The van der Waals surface area contributed by atoms with Crippen molar-refractivity contribution in [3.63, 3.8) is 0 Å². The summed E-state index contributed by atoms with van der Waals surface area (Å²) < 4.78 is 6.97. The number of benzene rings is 1. The molecule has 1 amide bonds. The number of hydrogen-bond donors (Lipinski definition) is 2. The van der Waals surface area contributed by atoms with Gasteiger partial charge in [-0.1, -0.05) is 0 Å². The van der Waals surface area contributed by atoms with E-state index >= 15 is 0 Å². The van der Waals surface area contributed by atoms with E-state index in [4.69, 9.17) is 9.84 Å². The average Bonchev–Trinajstić information content (AvgIpc) is 3.19. The first-order chi connectivity index (χ1) is 11.1. The van der Waals surface area contributed by atoms with Gasteiger partial charge in [-0.2, -0.15) is 5.10 Å². The quantitative estimate of drug-likeness (QED) is 0.866. The number of carboxylic acids is 1. The molecular weight excluding hydrogens is 298 g/mol. The number of nitrogens with zero attached hydrogens (tertiary/aromatic N) is 2. The number of carbonyl (C=O) groups excluding carboxylic acids is 1. The second-order valence-corrected chi connectivity index (χ2v) is 5.61. The number of nitrogens with one attached hydrogen (secondary N) is 1. The summed E-state index contributed by atoms with van der Waals surface area (Å²) in [6, 6.07) is 8.78. The van der Waals surface area contributed by atoms with Crippen LogP contribution < -0.4 is 5.32 Å². The van der Waals surface area contributed by atoms with E-state index in [2.05, 4.69) is 10.4 Å². The summed E-state index contributed by atoms with van der Waals surface area (Å²) in [6.45, 7) is 0.669. The van der Waals surface area contributed by atoms with Crippen LogP contribution in [0.25, 0.3) is 5.69 Å². The lowest BCUT2D eigenvalue weighted by Gasteiger charge is -2.27. The number of carboxylic acid groups (broad SMARTS) is 1. The summed E-state index contributed by atoms with van der Waals surface area (Å²) in [6.07, 6.45) is 3.84. The van der Waals surface area contributed by atoms with E-state index in [-0.39, 0.29) is 18.9 Å². The molecule has 1 atom stereocenters. The summed E-state index contributed by atoms with van der Waals surface area (Å²) in [5.41, 5.74) is 0.484. The summed E-state index contributed by atoms with van der Waals surface area (Å²) in [5.74, 6) is -1.26. The highest BCUT2D eigenvalue weighted by atomic mass is 16.5. The lowest BCUT2D eigenvalue weighted by molar-refractivity contribution is -0.138. The van der Waals surface area contributed by atoms with Gasteiger partial charge >= 0.3 is 5.97 Å². The smallest absolute Gasteiger partial charge is 0.305 e. The fourth-order valence-electron chi connectivity index (χ4n) is 2.68. The van der Waals surface area contributed by atoms with Crippen molar-refractivity contribution in [2.75, 3.05) is 13.2 Å². The van der Waals surface area contributed by atoms with Crippen molar-refractivity contribution in [2.24, 2.45) is 0 Å². The highest BCUT2D eigenvalue weighted by Crippen LogP contribution is 2.23. The Morgan fingerprint density at radius 1 is 1.35 bits per heavy atom. The number of rotatable bonds is 5. The van der Waals surface area contributed by atoms with Crippen molar-refractivity contribution in [1.82, 2.24) is 15.1 Å². The fourth-order valence-corrected chi connectivity index (χ4v) is 2.68. The lowest BCUT2D eigenvalue weighted by atomic mass is 9.93. The van der Waals surface area contributed by atoms with Crippen LogP contribution in [0.2, 0.25) is 0 Å². The van der Waals surface area contributed by atoms with Crippen molar-refractivity contribution in [3.8, 4) is 5.69 Å². The molecule has 2 aromatic rings. The monoisotopic (exact) mass is 315 g/mol. The molecular formula is C16H17N3O4. The molecule has 7 nitrogen and oxygen atoms in total. The Balaban J connectivity index is 1.73. The minimum Gasteiger partial charge on any atom is -0.481 e. The maximum absolute atomic E-state index is 12.4. The molecule has 2 N–H and O–H groups in total. The van der Waals surface area contributed by atoms with Crippen LogP contribution in [0.4, 0.5) is 0 Å². The summed E-state index contributed by atoms with van der Waals surface area (Å²) in [4.78, 5) is 23.4. The third-order valence-corrected chi connectivity index (χ3v) is 3.87. The summed E-state index contributed by atoms with van der Waals surface area (Å²) >= 11 is 0. The second kappa shape index (κ2) is 6.21. The first kappa shape index (κ1) is 15.2. The Morgan fingerprint density at radius 2 is 2.13 bits per heavy atom. The molecule has 1 aliphatic rings. The average molecular weight is 315 g/mol. The third-order valence-electron chi connectivity index (χ3n) is 3.87. The minimum absolute atomic E-state index is 0.149. The van der Waals surface area contributed by atoms with E-state index in [1.165, 1.54) is 0 Å². The molecule has 1 fully saturated rings. The minimum atomic E-state index is -0.954. The number of ether oxygens (including phenoxy) is 1. The van der Waals surface area contributed by atoms with Gasteiger partial charge in [0.15, 0.2) is 0 Å². The van der Waals surface area contributed by atoms with Crippen LogP contribution in [0.5, 0.6) is 0 Å². The molecule has 120 valence electrons. The van der Waals surface area contributed by atoms with E-state index in [0.717, 1.165) is 5.69 Å². The summed E-state index contributed by atoms with van der Waals surface area (Å²) in [5, 5.41) is 16.0. The lowest BCUT2D eigenvalue weighted by Crippen LogP contribution is -2.50. The van der Waals surface area contributed by atoms with Crippen LogP contribution in [0.3, 0.4) is 0 Å². The number of amides is 1. The van der Waals surface area contributed by atoms with E-state index in [1.807, 2.05) is 12.3 Å². The molecule has 1 aromatic heterocycles. The predicted molar refractivity (Wildman–Crippen MR) is 81.5 cm³/mol. The first-order valence-corrected chi connectivity index (χ1v) is 7.30. The maximum atomic E-state index is 12.4. The van der Waals surface area contributed by atoms with Crippen LogP contribution in [-0.2, 0) is 9.53 Å². The van der Waals surface area contributed by atoms with Gasteiger partial charge in [-0.15, -0.1) is 0 Å².